The van der Waals surface area contributed by atoms with Gasteiger partial charge in [0, 0.05) is 10.9 Å². The lowest BCUT2D eigenvalue weighted by Crippen LogP contribution is -2.83. The fourth-order valence-electron chi connectivity index (χ4n) is 3.24. The molecule has 134 valence electrons. The number of para-hydroxylation sites is 1. The van der Waals surface area contributed by atoms with Crippen LogP contribution < -0.4 is 5.32 Å². The minimum absolute atomic E-state index is 0.278. The number of carbonyl (C=O) groups excluding carboxylic acids is 1. The van der Waals surface area contributed by atoms with Gasteiger partial charge in [-0.15, -0.1) is 0 Å². The molecule has 1 atom stereocenters. The number of carbonyl (C=O) groups is 1. The van der Waals surface area contributed by atoms with E-state index >= 15 is 0 Å². The fourth-order valence-corrected chi connectivity index (χ4v) is 3.24. The second kappa shape index (κ2) is 8.11. The third-order valence-electron chi connectivity index (χ3n) is 4.70. The number of rotatable bonds is 6. The van der Waals surface area contributed by atoms with Crippen molar-refractivity contribution in [3.05, 3.63) is 77.0 Å². The number of hydrogen-bond acceptors (Lipinski definition) is 3. The molecule has 2 N–H and O–H groups in total. The van der Waals surface area contributed by atoms with Crippen molar-refractivity contribution in [3.8, 4) is 0 Å². The summed E-state index contributed by atoms with van der Waals surface area (Å²) in [6.07, 6.45) is 0. The smallest absolute Gasteiger partial charge is 0.340 e. The van der Waals surface area contributed by atoms with Crippen molar-refractivity contribution >= 4 is 16.9 Å². The average Bonchev–Trinajstić information content (AvgIpc) is 2.67. The summed E-state index contributed by atoms with van der Waals surface area (Å²) in [4.78, 5) is 17.3. The van der Waals surface area contributed by atoms with Crippen molar-refractivity contribution < 1.29 is 14.8 Å². The molecule has 4 nitrogen and oxygen atoms in total. The van der Waals surface area contributed by atoms with Gasteiger partial charge in [0.25, 0.3) is 0 Å². The number of aromatic nitrogens is 1. The fraction of sp³-hybridized carbons (Fsp3) is 0.273. The standard InChI is InChI=1S/C22H24N2O2/c1-4-26-22(25)21-15(2)18-12-8-9-13-19(18)24-20(21)14-23-16(3)17-10-6-5-7-11-17/h5-13,16,23H,4,14H2,1-3H3/p+1/t16-/m1/s1. The van der Waals surface area contributed by atoms with Gasteiger partial charge in [-0.2, -0.15) is 0 Å². The minimum Gasteiger partial charge on any atom is -0.462 e. The van der Waals surface area contributed by atoms with Gasteiger partial charge < -0.3 is 10.1 Å². The maximum atomic E-state index is 12.6. The molecule has 0 saturated carbocycles. The second-order valence-corrected chi connectivity index (χ2v) is 6.44. The molecule has 26 heavy (non-hydrogen) atoms. The summed E-state index contributed by atoms with van der Waals surface area (Å²) < 4.78 is 5.30. The van der Waals surface area contributed by atoms with Crippen LogP contribution in [0.25, 0.3) is 10.9 Å². The van der Waals surface area contributed by atoms with Crippen LogP contribution >= 0.6 is 0 Å². The van der Waals surface area contributed by atoms with Gasteiger partial charge in [-0.3, -0.25) is 0 Å². The Bertz CT molecular complexity index is 907. The molecule has 3 aromatic rings. The van der Waals surface area contributed by atoms with E-state index in [1.807, 2.05) is 56.3 Å². The normalized spacial score (nSPS) is 12.1. The quantitative estimate of drug-likeness (QED) is 0.693. The molecule has 0 bridgehead atoms. The van der Waals surface area contributed by atoms with Crippen molar-refractivity contribution in [1.29, 1.82) is 0 Å². The molecule has 0 aliphatic heterocycles. The predicted octanol–water partition coefficient (Wildman–Crippen LogP) is 3.54. The number of aryl methyl sites for hydroxylation is 1. The highest BCUT2D eigenvalue weighted by Gasteiger charge is 2.21. The van der Waals surface area contributed by atoms with Crippen LogP contribution in [0, 0.1) is 6.92 Å². The Morgan fingerprint density at radius 1 is 1.12 bits per heavy atom. The molecule has 0 amide bonds. The molecule has 0 fully saturated rings. The zero-order valence-corrected chi connectivity index (χ0v) is 15.5. The van der Waals surface area contributed by atoms with Crippen LogP contribution in [-0.4, -0.2) is 17.6 Å². The lowest BCUT2D eigenvalue weighted by molar-refractivity contribution is -0.708. The summed E-state index contributed by atoms with van der Waals surface area (Å²) in [7, 11) is 0. The van der Waals surface area contributed by atoms with Crippen molar-refractivity contribution in [3.63, 3.8) is 0 Å². The highest BCUT2D eigenvalue weighted by Crippen LogP contribution is 2.23. The molecule has 1 heterocycles. The molecule has 3 rings (SSSR count). The maximum absolute atomic E-state index is 12.6. The number of esters is 1. The van der Waals surface area contributed by atoms with Gasteiger partial charge in [-0.25, -0.2) is 9.78 Å². The molecule has 0 radical (unpaired) electrons. The lowest BCUT2D eigenvalue weighted by Gasteiger charge is -2.15. The predicted molar refractivity (Wildman–Crippen MR) is 103 cm³/mol. The third kappa shape index (κ3) is 3.75. The summed E-state index contributed by atoms with van der Waals surface area (Å²) in [6, 6.07) is 18.5. The Balaban J connectivity index is 1.95. The van der Waals surface area contributed by atoms with Crippen LogP contribution in [-0.2, 0) is 11.3 Å². The first-order valence-corrected chi connectivity index (χ1v) is 9.05. The highest BCUT2D eigenvalue weighted by molar-refractivity contribution is 5.98. The SMILES string of the molecule is CCOC(=O)c1c(C[NH2+][C@H](C)c2ccccc2)nc2ccccc2c1C. The largest absolute Gasteiger partial charge is 0.462 e. The van der Waals surface area contributed by atoms with Gasteiger partial charge in [0.1, 0.15) is 18.3 Å². The first-order valence-electron chi connectivity index (χ1n) is 9.05. The molecule has 4 heteroatoms. The zero-order chi connectivity index (χ0) is 18.5. The van der Waals surface area contributed by atoms with Crippen LogP contribution in [0.4, 0.5) is 0 Å². The summed E-state index contributed by atoms with van der Waals surface area (Å²) in [5.41, 5.74) is 4.48. The molecule has 0 aliphatic rings. The van der Waals surface area contributed by atoms with Crippen LogP contribution in [0.1, 0.15) is 47.1 Å². The number of fused-ring (bicyclic) bond motifs is 1. The number of hydrogen-bond donors (Lipinski definition) is 1. The van der Waals surface area contributed by atoms with Crippen molar-refractivity contribution in [2.45, 2.75) is 33.4 Å². The van der Waals surface area contributed by atoms with E-state index in [9.17, 15) is 4.79 Å². The number of quaternary nitrogens is 1. The van der Waals surface area contributed by atoms with Crippen molar-refractivity contribution in [2.75, 3.05) is 6.61 Å². The van der Waals surface area contributed by atoms with Gasteiger partial charge in [0.05, 0.1) is 17.7 Å². The van der Waals surface area contributed by atoms with Gasteiger partial charge >= 0.3 is 5.97 Å². The van der Waals surface area contributed by atoms with Crippen LogP contribution in [0.5, 0.6) is 0 Å². The molecule has 0 spiro atoms. The van der Waals surface area contributed by atoms with E-state index in [0.29, 0.717) is 18.7 Å². The van der Waals surface area contributed by atoms with Crippen LogP contribution in [0.3, 0.4) is 0 Å². The maximum Gasteiger partial charge on any atom is 0.340 e. The monoisotopic (exact) mass is 349 g/mol. The van der Waals surface area contributed by atoms with E-state index in [1.165, 1.54) is 5.56 Å². The van der Waals surface area contributed by atoms with Crippen molar-refractivity contribution in [1.82, 2.24) is 4.98 Å². The molecular weight excluding hydrogens is 324 g/mol. The van der Waals surface area contributed by atoms with Gasteiger partial charge in [-0.05, 0) is 32.4 Å². The molecule has 0 unspecified atom stereocenters. The number of benzene rings is 2. The molecule has 0 saturated heterocycles. The number of ether oxygens (including phenoxy) is 1. The Morgan fingerprint density at radius 2 is 1.81 bits per heavy atom. The number of nitrogens with zero attached hydrogens (tertiary/aromatic N) is 1. The van der Waals surface area contributed by atoms with Crippen LogP contribution in [0.2, 0.25) is 0 Å². The average molecular weight is 349 g/mol. The highest BCUT2D eigenvalue weighted by atomic mass is 16.5. The van der Waals surface area contributed by atoms with E-state index in [1.54, 1.807) is 0 Å². The molecular formula is C22H25N2O2+. The summed E-state index contributed by atoms with van der Waals surface area (Å²) in [5.74, 6) is -0.293. The van der Waals surface area contributed by atoms with Gasteiger partial charge in [-0.1, -0.05) is 48.5 Å². The van der Waals surface area contributed by atoms with Crippen LogP contribution in [0.15, 0.2) is 54.6 Å². The Morgan fingerprint density at radius 3 is 2.54 bits per heavy atom. The molecule has 2 aromatic carbocycles. The molecule has 1 aromatic heterocycles. The zero-order valence-electron chi connectivity index (χ0n) is 15.5. The summed E-state index contributed by atoms with van der Waals surface area (Å²) >= 11 is 0. The van der Waals surface area contributed by atoms with Crippen molar-refractivity contribution in [2.24, 2.45) is 0 Å². The summed E-state index contributed by atoms with van der Waals surface area (Å²) in [5, 5.41) is 3.20. The molecule has 0 aliphatic carbocycles. The second-order valence-electron chi connectivity index (χ2n) is 6.44. The van der Waals surface area contributed by atoms with E-state index in [0.717, 1.165) is 22.2 Å². The van der Waals surface area contributed by atoms with E-state index in [-0.39, 0.29) is 12.0 Å². The lowest BCUT2D eigenvalue weighted by atomic mass is 10.0. The number of nitrogens with two attached hydrogens (primary N) is 1. The first-order chi connectivity index (χ1) is 12.6. The third-order valence-corrected chi connectivity index (χ3v) is 4.70. The minimum atomic E-state index is -0.293. The van der Waals surface area contributed by atoms with Gasteiger partial charge in [0.15, 0.2) is 0 Å². The summed E-state index contributed by atoms with van der Waals surface area (Å²) in [6.45, 7) is 6.93. The Labute approximate surface area is 154 Å². The topological polar surface area (TPSA) is 55.8 Å². The Hall–Kier alpha value is -2.72. The van der Waals surface area contributed by atoms with Gasteiger partial charge in [0.2, 0.25) is 0 Å². The Kier molecular flexibility index (Phi) is 5.64. The van der Waals surface area contributed by atoms with E-state index in [2.05, 4.69) is 24.4 Å². The number of pyridine rings is 1. The van der Waals surface area contributed by atoms with E-state index < -0.39 is 0 Å². The van der Waals surface area contributed by atoms with E-state index in [4.69, 9.17) is 9.72 Å². The first kappa shape index (κ1) is 18.1.